The van der Waals surface area contributed by atoms with Crippen LogP contribution in [0.2, 0.25) is 0 Å². The van der Waals surface area contributed by atoms with Gasteiger partial charge in [-0.1, -0.05) is 18.2 Å². The van der Waals surface area contributed by atoms with Gasteiger partial charge in [0.05, 0.1) is 22.2 Å². The van der Waals surface area contributed by atoms with Crippen molar-refractivity contribution < 1.29 is 22.1 Å². The highest BCUT2D eigenvalue weighted by molar-refractivity contribution is 7.84. The molecular weight excluding hydrogens is 315 g/mol. The molecule has 0 aliphatic heterocycles. The van der Waals surface area contributed by atoms with Gasteiger partial charge in [0, 0.05) is 16.7 Å². The smallest absolute Gasteiger partial charge is 0.422 e. The minimum Gasteiger partial charge on any atom is -0.484 e. The third-order valence-electron chi connectivity index (χ3n) is 2.92. The van der Waals surface area contributed by atoms with E-state index in [9.17, 15) is 17.4 Å². The lowest BCUT2D eigenvalue weighted by Gasteiger charge is -2.13. The fourth-order valence-corrected chi connectivity index (χ4v) is 2.97. The first-order chi connectivity index (χ1) is 10.4. The number of halogens is 3. The summed E-state index contributed by atoms with van der Waals surface area (Å²) in [6, 6.07) is 10.2. The summed E-state index contributed by atoms with van der Waals surface area (Å²) in [7, 11) is -1.31. The number of ether oxygens (including phenoxy) is 1. The number of pyridine rings is 1. The molecule has 1 atom stereocenters. The number of hydrogen-bond donors (Lipinski definition) is 0. The van der Waals surface area contributed by atoms with Gasteiger partial charge in [0.2, 0.25) is 0 Å². The molecule has 7 heteroatoms. The first kappa shape index (κ1) is 16.5. The summed E-state index contributed by atoms with van der Waals surface area (Å²) in [5, 5.41) is 0. The molecule has 0 aliphatic rings. The third kappa shape index (κ3) is 4.56. The van der Waals surface area contributed by atoms with Crippen LogP contribution < -0.4 is 4.74 Å². The summed E-state index contributed by atoms with van der Waals surface area (Å²) in [4.78, 5) is 4.74. The highest BCUT2D eigenvalue weighted by atomic mass is 32.2. The van der Waals surface area contributed by atoms with E-state index >= 15 is 0 Å². The van der Waals surface area contributed by atoms with Crippen molar-refractivity contribution >= 4 is 10.8 Å². The second-order valence-corrected chi connectivity index (χ2v) is 6.04. The number of alkyl halides is 3. The lowest BCUT2D eigenvalue weighted by molar-refractivity contribution is -0.153. The second-order valence-electron chi connectivity index (χ2n) is 4.59. The predicted octanol–water partition coefficient (Wildman–Crippen LogP) is 3.64. The average molecular weight is 329 g/mol. The van der Waals surface area contributed by atoms with Crippen molar-refractivity contribution in [2.45, 2.75) is 23.7 Å². The Morgan fingerprint density at radius 3 is 2.50 bits per heavy atom. The van der Waals surface area contributed by atoms with E-state index in [0.717, 1.165) is 0 Å². The Balaban J connectivity index is 2.13. The maximum atomic E-state index is 12.2. The fourth-order valence-electron chi connectivity index (χ4n) is 1.80. The van der Waals surface area contributed by atoms with Gasteiger partial charge in [0.25, 0.3) is 0 Å². The van der Waals surface area contributed by atoms with Crippen LogP contribution in [0.1, 0.15) is 11.3 Å². The quantitative estimate of drug-likeness (QED) is 0.841. The van der Waals surface area contributed by atoms with E-state index in [1.807, 2.05) is 6.07 Å². The SMILES string of the molecule is Cc1c(OCC(F)(F)F)ccnc1CS(=O)c1ccccc1. The second kappa shape index (κ2) is 6.91. The van der Waals surface area contributed by atoms with Crippen molar-refractivity contribution in [3.05, 3.63) is 53.9 Å². The van der Waals surface area contributed by atoms with Crippen molar-refractivity contribution in [3.63, 3.8) is 0 Å². The van der Waals surface area contributed by atoms with Crippen LogP contribution >= 0.6 is 0 Å². The highest BCUT2D eigenvalue weighted by Gasteiger charge is 2.28. The van der Waals surface area contributed by atoms with Gasteiger partial charge < -0.3 is 4.74 Å². The maximum absolute atomic E-state index is 12.2. The van der Waals surface area contributed by atoms with Gasteiger partial charge in [0.1, 0.15) is 5.75 Å². The topological polar surface area (TPSA) is 39.2 Å². The first-order valence-electron chi connectivity index (χ1n) is 6.44. The van der Waals surface area contributed by atoms with Crippen LogP contribution in [-0.4, -0.2) is 22.0 Å². The van der Waals surface area contributed by atoms with E-state index in [0.29, 0.717) is 16.2 Å². The zero-order valence-electron chi connectivity index (χ0n) is 11.8. The Morgan fingerprint density at radius 2 is 1.86 bits per heavy atom. The summed E-state index contributed by atoms with van der Waals surface area (Å²) in [6.45, 7) is 0.245. The number of rotatable bonds is 5. The molecule has 0 aliphatic carbocycles. The highest BCUT2D eigenvalue weighted by Crippen LogP contribution is 2.24. The molecule has 2 aromatic rings. The van der Waals surface area contributed by atoms with Gasteiger partial charge in [-0.25, -0.2) is 0 Å². The Bertz CT molecular complexity index is 660. The molecule has 1 aromatic heterocycles. The van der Waals surface area contributed by atoms with Gasteiger partial charge in [-0.05, 0) is 25.1 Å². The van der Waals surface area contributed by atoms with Crippen molar-refractivity contribution in [2.24, 2.45) is 0 Å². The lowest BCUT2D eigenvalue weighted by atomic mass is 10.2. The van der Waals surface area contributed by atoms with E-state index in [1.165, 1.54) is 12.3 Å². The summed E-state index contributed by atoms with van der Waals surface area (Å²) < 4.78 is 53.7. The van der Waals surface area contributed by atoms with Crippen LogP contribution in [0.25, 0.3) is 0 Å². The van der Waals surface area contributed by atoms with Crippen LogP contribution in [0.4, 0.5) is 13.2 Å². The first-order valence-corrected chi connectivity index (χ1v) is 7.76. The Hall–Kier alpha value is -1.89. The molecule has 1 aromatic carbocycles. The zero-order chi connectivity index (χ0) is 16.2. The largest absolute Gasteiger partial charge is 0.484 e. The molecule has 3 nitrogen and oxygen atoms in total. The monoisotopic (exact) mass is 329 g/mol. The molecule has 0 spiro atoms. The van der Waals surface area contributed by atoms with Crippen LogP contribution in [-0.2, 0) is 16.6 Å². The van der Waals surface area contributed by atoms with E-state index in [1.54, 1.807) is 31.2 Å². The Kier molecular flexibility index (Phi) is 5.18. The van der Waals surface area contributed by atoms with Crippen molar-refractivity contribution in [1.82, 2.24) is 4.98 Å². The van der Waals surface area contributed by atoms with E-state index in [2.05, 4.69) is 4.98 Å². The normalized spacial score (nSPS) is 12.9. The van der Waals surface area contributed by atoms with Crippen molar-refractivity contribution in [3.8, 4) is 5.75 Å². The van der Waals surface area contributed by atoms with Crippen LogP contribution in [0.5, 0.6) is 5.75 Å². The lowest BCUT2D eigenvalue weighted by Crippen LogP contribution is -2.19. The van der Waals surface area contributed by atoms with E-state index in [4.69, 9.17) is 4.74 Å². The minimum absolute atomic E-state index is 0.104. The number of hydrogen-bond acceptors (Lipinski definition) is 3. The zero-order valence-corrected chi connectivity index (χ0v) is 12.6. The van der Waals surface area contributed by atoms with E-state index < -0.39 is 23.6 Å². The van der Waals surface area contributed by atoms with Crippen molar-refractivity contribution in [2.75, 3.05) is 6.61 Å². The summed E-state index contributed by atoms with van der Waals surface area (Å²) in [5.41, 5.74) is 0.929. The number of nitrogens with zero attached hydrogens (tertiary/aromatic N) is 1. The molecule has 0 fully saturated rings. The van der Waals surface area contributed by atoms with Gasteiger partial charge in [0.15, 0.2) is 6.61 Å². The third-order valence-corrected chi connectivity index (χ3v) is 4.26. The molecule has 0 amide bonds. The molecule has 0 N–H and O–H groups in total. The van der Waals surface area contributed by atoms with Gasteiger partial charge in [-0.15, -0.1) is 0 Å². The Labute approximate surface area is 128 Å². The van der Waals surface area contributed by atoms with Gasteiger partial charge in [-0.3, -0.25) is 9.19 Å². The molecule has 0 saturated carbocycles. The molecule has 2 rings (SSSR count). The molecule has 1 heterocycles. The molecule has 0 saturated heterocycles. The summed E-state index contributed by atoms with van der Waals surface area (Å²) in [5.74, 6) is 0.228. The number of aromatic nitrogens is 1. The van der Waals surface area contributed by atoms with Crippen LogP contribution in [0.15, 0.2) is 47.5 Å². The molecule has 0 radical (unpaired) electrons. The van der Waals surface area contributed by atoms with Crippen molar-refractivity contribution in [1.29, 1.82) is 0 Å². The average Bonchev–Trinajstić information content (AvgIpc) is 2.48. The maximum Gasteiger partial charge on any atom is 0.422 e. The predicted molar refractivity (Wildman–Crippen MR) is 77.1 cm³/mol. The van der Waals surface area contributed by atoms with Crippen LogP contribution in [0.3, 0.4) is 0 Å². The summed E-state index contributed by atoms with van der Waals surface area (Å²) >= 11 is 0. The molecule has 22 heavy (non-hydrogen) atoms. The summed E-state index contributed by atoms with van der Waals surface area (Å²) in [6.07, 6.45) is -3.04. The molecule has 0 bridgehead atoms. The fraction of sp³-hybridized carbons (Fsp3) is 0.267. The molecule has 1 unspecified atom stereocenters. The molecule has 118 valence electrons. The number of benzene rings is 1. The molecular formula is C15H14F3NO2S. The van der Waals surface area contributed by atoms with Crippen LogP contribution in [0, 0.1) is 6.92 Å². The Morgan fingerprint density at radius 1 is 1.18 bits per heavy atom. The van der Waals surface area contributed by atoms with Gasteiger partial charge in [-0.2, -0.15) is 13.2 Å². The minimum atomic E-state index is -4.40. The van der Waals surface area contributed by atoms with E-state index in [-0.39, 0.29) is 11.5 Å². The standard InChI is InChI=1S/C15H14F3NO2S/c1-11-13(9-22(20)12-5-3-2-4-6-12)19-8-7-14(11)21-10-15(16,17)18/h2-8H,9-10H2,1H3. The van der Waals surface area contributed by atoms with Gasteiger partial charge >= 0.3 is 6.18 Å².